The van der Waals surface area contributed by atoms with Crippen molar-refractivity contribution < 1.29 is 8.78 Å². The summed E-state index contributed by atoms with van der Waals surface area (Å²) in [6.45, 7) is 3.89. The van der Waals surface area contributed by atoms with Crippen LogP contribution in [0.15, 0.2) is 42.5 Å². The van der Waals surface area contributed by atoms with Gasteiger partial charge in [0, 0.05) is 17.8 Å². The molecule has 0 bridgehead atoms. The molecule has 4 heteroatoms. The van der Waals surface area contributed by atoms with E-state index in [4.69, 9.17) is 5.26 Å². The van der Waals surface area contributed by atoms with E-state index in [0.717, 1.165) is 23.4 Å². The minimum atomic E-state index is -0.548. The first-order valence-corrected chi connectivity index (χ1v) is 6.62. The number of nitrogens with zero attached hydrogens (tertiary/aromatic N) is 1. The fourth-order valence-electron chi connectivity index (χ4n) is 1.95. The van der Waals surface area contributed by atoms with Crippen molar-refractivity contribution in [2.24, 2.45) is 0 Å². The molecule has 0 aliphatic carbocycles. The van der Waals surface area contributed by atoms with Gasteiger partial charge in [0.2, 0.25) is 0 Å². The number of anilines is 1. The van der Waals surface area contributed by atoms with Gasteiger partial charge in [-0.2, -0.15) is 5.26 Å². The summed E-state index contributed by atoms with van der Waals surface area (Å²) in [4.78, 5) is 0. The lowest BCUT2D eigenvalue weighted by Crippen LogP contribution is -2.13. The van der Waals surface area contributed by atoms with Crippen molar-refractivity contribution in [1.82, 2.24) is 0 Å². The van der Waals surface area contributed by atoms with Gasteiger partial charge in [-0.3, -0.25) is 0 Å². The monoisotopic (exact) mass is 286 g/mol. The molecule has 0 spiro atoms. The number of halogens is 2. The lowest BCUT2D eigenvalue weighted by molar-refractivity contribution is 0.587. The van der Waals surface area contributed by atoms with Crippen molar-refractivity contribution in [3.8, 4) is 6.07 Å². The average molecular weight is 286 g/mol. The zero-order valence-electron chi connectivity index (χ0n) is 12.0. The van der Waals surface area contributed by atoms with E-state index in [1.807, 2.05) is 38.1 Å². The Bertz CT molecular complexity index is 670. The normalized spacial score (nSPS) is 11.0. The predicted octanol–water partition coefficient (Wildman–Crippen LogP) is 4.38. The zero-order valence-corrected chi connectivity index (χ0v) is 12.0. The Morgan fingerprint density at radius 1 is 1.10 bits per heavy atom. The molecule has 2 rings (SSSR count). The van der Waals surface area contributed by atoms with Gasteiger partial charge in [-0.1, -0.05) is 12.1 Å². The maximum atomic E-state index is 13.5. The highest BCUT2D eigenvalue weighted by Gasteiger charge is 2.19. The third-order valence-electron chi connectivity index (χ3n) is 3.38. The van der Waals surface area contributed by atoms with Crippen molar-refractivity contribution in [2.45, 2.75) is 25.8 Å². The van der Waals surface area contributed by atoms with Crippen LogP contribution in [-0.4, -0.2) is 0 Å². The van der Waals surface area contributed by atoms with Crippen LogP contribution in [0.5, 0.6) is 0 Å². The van der Waals surface area contributed by atoms with Crippen LogP contribution in [0.2, 0.25) is 0 Å². The average Bonchev–Trinajstić information content (AvgIpc) is 2.48. The van der Waals surface area contributed by atoms with Gasteiger partial charge in [0.25, 0.3) is 0 Å². The van der Waals surface area contributed by atoms with E-state index in [2.05, 4.69) is 11.4 Å². The number of nitriles is 1. The molecule has 0 aliphatic rings. The molecule has 1 N–H and O–H groups in total. The maximum absolute atomic E-state index is 13.5. The first kappa shape index (κ1) is 15.0. The Morgan fingerprint density at radius 3 is 2.38 bits per heavy atom. The van der Waals surface area contributed by atoms with Crippen molar-refractivity contribution in [3.63, 3.8) is 0 Å². The summed E-state index contributed by atoms with van der Waals surface area (Å²) in [5.41, 5.74) is 1.42. The highest BCUT2D eigenvalue weighted by Crippen LogP contribution is 2.23. The number of nitrogens with one attached hydrogen (secondary N) is 1. The summed E-state index contributed by atoms with van der Waals surface area (Å²) < 4.78 is 26.6. The third-order valence-corrected chi connectivity index (χ3v) is 3.38. The number of hydrogen-bond acceptors (Lipinski definition) is 2. The van der Waals surface area contributed by atoms with Crippen molar-refractivity contribution in [3.05, 3.63) is 65.2 Å². The third kappa shape index (κ3) is 3.57. The van der Waals surface area contributed by atoms with Crippen LogP contribution >= 0.6 is 0 Å². The second-order valence-electron chi connectivity index (χ2n) is 5.40. The molecule has 2 aromatic carbocycles. The van der Waals surface area contributed by atoms with Crippen molar-refractivity contribution >= 4 is 5.69 Å². The molecule has 0 saturated heterocycles. The molecule has 0 unspecified atom stereocenters. The minimum absolute atomic E-state index is 0.199. The molecule has 0 aromatic heterocycles. The summed E-state index contributed by atoms with van der Waals surface area (Å²) in [7, 11) is 0. The van der Waals surface area contributed by atoms with Gasteiger partial charge >= 0.3 is 0 Å². The first-order valence-electron chi connectivity index (χ1n) is 6.62. The molecule has 0 aliphatic heterocycles. The lowest BCUT2D eigenvalue weighted by Gasteiger charge is -2.16. The molecule has 0 atom stereocenters. The molecule has 2 nitrogen and oxygen atoms in total. The molecule has 21 heavy (non-hydrogen) atoms. The van der Waals surface area contributed by atoms with Crippen LogP contribution < -0.4 is 5.32 Å². The van der Waals surface area contributed by atoms with E-state index >= 15 is 0 Å². The molecule has 0 saturated carbocycles. The summed E-state index contributed by atoms with van der Waals surface area (Å²) >= 11 is 0. The van der Waals surface area contributed by atoms with Gasteiger partial charge in [0.05, 0.1) is 11.5 Å². The summed E-state index contributed by atoms with van der Waals surface area (Å²) in [5, 5.41) is 12.1. The molecule has 0 fully saturated rings. The Kier molecular flexibility index (Phi) is 4.23. The second kappa shape index (κ2) is 5.92. The smallest absolute Gasteiger partial charge is 0.128 e. The standard InChI is InChI=1S/C17H16F2N2/c1-17(2,11-20)13-3-6-15(7-4-13)21-10-12-9-14(18)5-8-16(12)19/h3-9,21H,10H2,1-2H3. The Morgan fingerprint density at radius 2 is 1.76 bits per heavy atom. The van der Waals surface area contributed by atoms with Crippen LogP contribution in [0.3, 0.4) is 0 Å². The predicted molar refractivity (Wildman–Crippen MR) is 78.8 cm³/mol. The van der Waals surface area contributed by atoms with Gasteiger partial charge in [0.15, 0.2) is 0 Å². The van der Waals surface area contributed by atoms with E-state index in [1.54, 1.807) is 0 Å². The Hall–Kier alpha value is -2.41. The second-order valence-corrected chi connectivity index (χ2v) is 5.40. The van der Waals surface area contributed by atoms with Crippen LogP contribution in [0, 0.1) is 23.0 Å². The topological polar surface area (TPSA) is 35.8 Å². The van der Waals surface area contributed by atoms with E-state index in [0.29, 0.717) is 0 Å². The first-order chi connectivity index (χ1) is 9.92. The lowest BCUT2D eigenvalue weighted by atomic mass is 9.86. The molecule has 0 amide bonds. The van der Waals surface area contributed by atoms with Crippen LogP contribution in [0.1, 0.15) is 25.0 Å². The van der Waals surface area contributed by atoms with Crippen LogP contribution in [-0.2, 0) is 12.0 Å². The quantitative estimate of drug-likeness (QED) is 0.905. The molecule has 0 radical (unpaired) electrons. The van der Waals surface area contributed by atoms with Crippen LogP contribution in [0.4, 0.5) is 14.5 Å². The van der Waals surface area contributed by atoms with Gasteiger partial charge in [-0.15, -0.1) is 0 Å². The fraction of sp³-hybridized carbons (Fsp3) is 0.235. The van der Waals surface area contributed by atoms with E-state index < -0.39 is 17.0 Å². The number of rotatable bonds is 4. The van der Waals surface area contributed by atoms with E-state index in [9.17, 15) is 8.78 Å². The zero-order chi connectivity index (χ0) is 15.5. The van der Waals surface area contributed by atoms with Crippen molar-refractivity contribution in [2.75, 3.05) is 5.32 Å². The number of benzene rings is 2. The summed E-state index contributed by atoms with van der Waals surface area (Å²) in [5.74, 6) is -0.898. The molecular weight excluding hydrogens is 270 g/mol. The Balaban J connectivity index is 2.08. The molecule has 108 valence electrons. The summed E-state index contributed by atoms with van der Waals surface area (Å²) in [6, 6.07) is 13.0. The highest BCUT2D eigenvalue weighted by molar-refractivity contribution is 5.47. The maximum Gasteiger partial charge on any atom is 0.128 e. The van der Waals surface area contributed by atoms with Gasteiger partial charge < -0.3 is 5.32 Å². The minimum Gasteiger partial charge on any atom is -0.381 e. The Labute approximate surface area is 123 Å². The summed E-state index contributed by atoms with van der Waals surface area (Å²) in [6.07, 6.45) is 0. The fourth-order valence-corrected chi connectivity index (χ4v) is 1.95. The van der Waals surface area contributed by atoms with Crippen molar-refractivity contribution in [1.29, 1.82) is 5.26 Å². The van der Waals surface area contributed by atoms with E-state index in [-0.39, 0.29) is 12.1 Å². The molecular formula is C17H16F2N2. The van der Waals surface area contributed by atoms with Gasteiger partial charge in [-0.05, 0) is 49.7 Å². The van der Waals surface area contributed by atoms with Crippen LogP contribution in [0.25, 0.3) is 0 Å². The van der Waals surface area contributed by atoms with Gasteiger partial charge in [-0.25, -0.2) is 8.78 Å². The highest BCUT2D eigenvalue weighted by atomic mass is 19.1. The van der Waals surface area contributed by atoms with Gasteiger partial charge in [0.1, 0.15) is 11.6 Å². The SMILES string of the molecule is CC(C)(C#N)c1ccc(NCc2cc(F)ccc2F)cc1. The largest absolute Gasteiger partial charge is 0.381 e. The number of hydrogen-bond donors (Lipinski definition) is 1. The molecule has 2 aromatic rings. The molecule has 0 heterocycles. The van der Waals surface area contributed by atoms with E-state index in [1.165, 1.54) is 6.07 Å².